The molecule has 0 aliphatic carbocycles. The Morgan fingerprint density at radius 2 is 1.72 bits per heavy atom. The van der Waals surface area contributed by atoms with Gasteiger partial charge in [-0.15, -0.1) is 0 Å². The Bertz CT molecular complexity index is 572. The number of carbonyl (C=O) groups is 3. The number of hydrogen-bond donors (Lipinski definition) is 4. The predicted octanol–water partition coefficient (Wildman–Crippen LogP) is 1.41. The molecule has 0 aliphatic rings. The van der Waals surface area contributed by atoms with Crippen LogP contribution in [0.4, 0.5) is 4.79 Å². The molecule has 0 fully saturated rings. The lowest BCUT2D eigenvalue weighted by Gasteiger charge is -2.13. The second-order valence-electron chi connectivity index (χ2n) is 4.99. The Hall–Kier alpha value is -1.91. The predicted molar refractivity (Wildman–Crippen MR) is 96.3 cm³/mol. The number of rotatable bonds is 11. The van der Waals surface area contributed by atoms with Gasteiger partial charge in [0.05, 0.1) is 5.92 Å². The first-order valence-corrected chi connectivity index (χ1v) is 9.79. The fraction of sp³-hybridized carbons (Fsp3) is 0.400. The normalized spacial score (nSPS) is 12.8. The zero-order valence-electron chi connectivity index (χ0n) is 13.3. The van der Waals surface area contributed by atoms with Gasteiger partial charge in [-0.05, 0) is 5.56 Å². The quantitative estimate of drug-likeness (QED) is 0.327. The minimum Gasteiger partial charge on any atom is -0.481 e. The summed E-state index contributed by atoms with van der Waals surface area (Å²) in [7, 11) is 2.38. The second kappa shape index (κ2) is 11.6. The average molecular weight is 388 g/mol. The molecule has 1 aromatic rings. The highest BCUT2D eigenvalue weighted by molar-refractivity contribution is 8.76. The van der Waals surface area contributed by atoms with E-state index in [0.29, 0.717) is 0 Å². The first kappa shape index (κ1) is 21.1. The SMILES string of the molecule is N[C@@H](CSSC[C@H](CNC(=O)OCc1ccccc1)C(=O)O)C(=O)O. The Morgan fingerprint density at radius 3 is 2.32 bits per heavy atom. The van der Waals surface area contributed by atoms with E-state index in [9.17, 15) is 14.4 Å². The molecule has 25 heavy (non-hydrogen) atoms. The molecule has 8 nitrogen and oxygen atoms in total. The lowest BCUT2D eigenvalue weighted by Crippen LogP contribution is -2.34. The van der Waals surface area contributed by atoms with E-state index in [2.05, 4.69) is 5.32 Å². The van der Waals surface area contributed by atoms with E-state index in [1.165, 1.54) is 21.6 Å². The minimum atomic E-state index is -1.11. The third-order valence-electron chi connectivity index (χ3n) is 2.97. The van der Waals surface area contributed by atoms with Crippen LogP contribution in [0.3, 0.4) is 0 Å². The van der Waals surface area contributed by atoms with Crippen molar-refractivity contribution in [3.63, 3.8) is 0 Å². The van der Waals surface area contributed by atoms with Crippen molar-refractivity contribution >= 4 is 39.6 Å². The monoisotopic (exact) mass is 388 g/mol. The molecule has 10 heteroatoms. The topological polar surface area (TPSA) is 139 Å². The van der Waals surface area contributed by atoms with E-state index in [-0.39, 0.29) is 24.7 Å². The van der Waals surface area contributed by atoms with E-state index in [1.54, 1.807) is 0 Å². The van der Waals surface area contributed by atoms with E-state index in [1.807, 2.05) is 30.3 Å². The first-order valence-electron chi connectivity index (χ1n) is 7.30. The Morgan fingerprint density at radius 1 is 1.08 bits per heavy atom. The fourth-order valence-electron chi connectivity index (χ4n) is 1.52. The van der Waals surface area contributed by atoms with Crippen molar-refractivity contribution in [1.29, 1.82) is 0 Å². The number of hydrogen-bond acceptors (Lipinski definition) is 7. The maximum Gasteiger partial charge on any atom is 0.407 e. The number of amides is 1. The number of carboxylic acid groups (broad SMARTS) is 2. The van der Waals surface area contributed by atoms with E-state index in [0.717, 1.165) is 5.56 Å². The van der Waals surface area contributed by atoms with Crippen molar-refractivity contribution in [3.8, 4) is 0 Å². The minimum absolute atomic E-state index is 0.0818. The van der Waals surface area contributed by atoms with Gasteiger partial charge in [0.2, 0.25) is 0 Å². The van der Waals surface area contributed by atoms with Crippen molar-refractivity contribution in [2.45, 2.75) is 12.6 Å². The van der Waals surface area contributed by atoms with Gasteiger partial charge in [-0.2, -0.15) is 0 Å². The van der Waals surface area contributed by atoms with Gasteiger partial charge >= 0.3 is 18.0 Å². The largest absolute Gasteiger partial charge is 0.481 e. The molecule has 5 N–H and O–H groups in total. The molecule has 0 radical (unpaired) electrons. The molecule has 2 atom stereocenters. The van der Waals surface area contributed by atoms with Gasteiger partial charge in [0.25, 0.3) is 0 Å². The van der Waals surface area contributed by atoms with Gasteiger partial charge < -0.3 is 26.0 Å². The maximum atomic E-state index is 11.6. The molecule has 0 heterocycles. The number of carboxylic acids is 2. The molecule has 1 rings (SSSR count). The van der Waals surface area contributed by atoms with Gasteiger partial charge in [0.15, 0.2) is 0 Å². The summed E-state index contributed by atoms with van der Waals surface area (Å²) in [6.07, 6.45) is -0.694. The van der Waals surface area contributed by atoms with Crippen LogP contribution in [0.1, 0.15) is 5.56 Å². The number of aliphatic carboxylic acids is 2. The summed E-state index contributed by atoms with van der Waals surface area (Å²) >= 11 is 0. The van der Waals surface area contributed by atoms with Crippen LogP contribution in [-0.2, 0) is 20.9 Å². The van der Waals surface area contributed by atoms with Gasteiger partial charge in [0.1, 0.15) is 12.6 Å². The third-order valence-corrected chi connectivity index (χ3v) is 5.49. The summed E-state index contributed by atoms with van der Waals surface area (Å²) in [5.74, 6) is -2.61. The van der Waals surface area contributed by atoms with Gasteiger partial charge in [-0.1, -0.05) is 51.9 Å². The highest BCUT2D eigenvalue weighted by Gasteiger charge is 2.20. The van der Waals surface area contributed by atoms with Crippen LogP contribution >= 0.6 is 21.6 Å². The smallest absolute Gasteiger partial charge is 0.407 e. The first-order chi connectivity index (χ1) is 11.9. The molecule has 0 saturated heterocycles. The van der Waals surface area contributed by atoms with Crippen LogP contribution in [0.5, 0.6) is 0 Å². The number of nitrogens with one attached hydrogen (secondary N) is 1. The van der Waals surface area contributed by atoms with Crippen LogP contribution in [0, 0.1) is 5.92 Å². The molecular formula is C15H20N2O6S2. The van der Waals surface area contributed by atoms with Crippen molar-refractivity contribution in [2.75, 3.05) is 18.1 Å². The lowest BCUT2D eigenvalue weighted by atomic mass is 10.2. The van der Waals surface area contributed by atoms with Crippen LogP contribution in [-0.4, -0.2) is 52.3 Å². The number of benzene rings is 1. The molecule has 0 spiro atoms. The maximum absolute atomic E-state index is 11.6. The number of ether oxygens (including phenoxy) is 1. The molecule has 0 bridgehead atoms. The third kappa shape index (κ3) is 9.22. The Labute approximate surface area is 152 Å². The van der Waals surface area contributed by atoms with Crippen molar-refractivity contribution in [1.82, 2.24) is 5.32 Å². The highest BCUT2D eigenvalue weighted by atomic mass is 33.1. The van der Waals surface area contributed by atoms with Crippen molar-refractivity contribution in [2.24, 2.45) is 11.7 Å². The molecule has 0 aromatic heterocycles. The lowest BCUT2D eigenvalue weighted by molar-refractivity contribution is -0.141. The van der Waals surface area contributed by atoms with E-state index in [4.69, 9.17) is 20.7 Å². The van der Waals surface area contributed by atoms with Crippen molar-refractivity contribution < 1.29 is 29.3 Å². The van der Waals surface area contributed by atoms with Crippen LogP contribution in [0.25, 0.3) is 0 Å². The summed E-state index contributed by atoms with van der Waals surface area (Å²) in [4.78, 5) is 33.4. The Kier molecular flexibility index (Phi) is 9.81. The summed E-state index contributed by atoms with van der Waals surface area (Å²) in [6.45, 7) is 0.0175. The molecule has 0 saturated carbocycles. The van der Waals surface area contributed by atoms with Gasteiger partial charge in [-0.3, -0.25) is 9.59 Å². The number of alkyl carbamates (subject to hydrolysis) is 1. The van der Waals surface area contributed by atoms with Gasteiger partial charge in [0, 0.05) is 18.1 Å². The summed E-state index contributed by atoms with van der Waals surface area (Å²) in [5, 5.41) is 20.2. The summed E-state index contributed by atoms with van der Waals surface area (Å²) in [6, 6.07) is 8.11. The van der Waals surface area contributed by atoms with E-state index < -0.39 is 30.0 Å². The van der Waals surface area contributed by atoms with Crippen LogP contribution < -0.4 is 11.1 Å². The van der Waals surface area contributed by atoms with Crippen molar-refractivity contribution in [3.05, 3.63) is 35.9 Å². The average Bonchev–Trinajstić information content (AvgIpc) is 2.59. The summed E-state index contributed by atoms with van der Waals surface area (Å²) in [5.41, 5.74) is 6.18. The highest BCUT2D eigenvalue weighted by Crippen LogP contribution is 2.24. The second-order valence-corrected chi connectivity index (χ2v) is 7.54. The Balaban J connectivity index is 2.26. The molecular weight excluding hydrogens is 368 g/mol. The molecule has 0 aliphatic heterocycles. The molecule has 0 unspecified atom stereocenters. The number of carbonyl (C=O) groups excluding carboxylic acids is 1. The summed E-state index contributed by atoms with van der Waals surface area (Å²) < 4.78 is 5.00. The van der Waals surface area contributed by atoms with E-state index >= 15 is 0 Å². The fourth-order valence-corrected chi connectivity index (χ4v) is 3.94. The number of nitrogens with two attached hydrogens (primary N) is 1. The van der Waals surface area contributed by atoms with Gasteiger partial charge in [-0.25, -0.2) is 4.79 Å². The zero-order valence-corrected chi connectivity index (χ0v) is 14.9. The standard InChI is InChI=1S/C15H20N2O6S2/c16-12(14(20)21)9-25-24-8-11(13(18)19)6-17-15(22)23-7-10-4-2-1-3-5-10/h1-5,11-12H,6-9,16H2,(H,17,22)(H,18,19)(H,20,21)/t11-,12-/m0/s1. The zero-order chi connectivity index (χ0) is 18.7. The molecule has 1 aromatic carbocycles. The molecule has 138 valence electrons. The van der Waals surface area contributed by atoms with Crippen LogP contribution in [0.15, 0.2) is 30.3 Å². The van der Waals surface area contributed by atoms with Crippen LogP contribution in [0.2, 0.25) is 0 Å². The molecule has 1 amide bonds.